The zero-order chi connectivity index (χ0) is 5.86. The van der Waals surface area contributed by atoms with Crippen molar-refractivity contribution in [3.63, 3.8) is 0 Å². The van der Waals surface area contributed by atoms with E-state index in [-0.39, 0.29) is 5.76 Å². The number of allylic oxidation sites excluding steroid dienone is 1. The summed E-state index contributed by atoms with van der Waals surface area (Å²) in [4.78, 5) is 9.80. The second kappa shape index (κ2) is 2.23. The fourth-order valence-electron chi connectivity index (χ4n) is 0.206. The van der Waals surface area contributed by atoms with Crippen LogP contribution in [-0.2, 0) is 4.79 Å². The predicted octanol–water partition coefficient (Wildman–Crippen LogP) is -0.0665. The fourth-order valence-corrected chi connectivity index (χ4v) is 0.206. The molecular formula is C4H7NO2. The molecule has 0 aliphatic carbocycles. The number of carbonyl (C=O) groups is 1. The van der Waals surface area contributed by atoms with E-state index in [2.05, 4.69) is 5.73 Å². The predicted molar refractivity (Wildman–Crippen MR) is 25.6 cm³/mol. The largest absolute Gasteiger partial charge is 0.512 e. The minimum Gasteiger partial charge on any atom is -0.512 e. The summed E-state index contributed by atoms with van der Waals surface area (Å²) in [5, 5.41) is 8.28. The Balaban J connectivity index is 3.68. The molecule has 0 fully saturated rings. The highest BCUT2D eigenvalue weighted by Crippen LogP contribution is 1.79. The van der Waals surface area contributed by atoms with Gasteiger partial charge in [0.2, 0.25) is 5.91 Å². The molecule has 0 saturated heterocycles. The average molecular weight is 101 g/mol. The third-order valence-corrected chi connectivity index (χ3v) is 0.351. The van der Waals surface area contributed by atoms with Crippen LogP contribution >= 0.6 is 0 Å². The minimum atomic E-state index is -0.625. The Bertz CT molecular complexity index is 102. The second-order valence-corrected chi connectivity index (χ2v) is 1.19. The summed E-state index contributed by atoms with van der Waals surface area (Å²) < 4.78 is 0. The first-order chi connectivity index (χ1) is 3.13. The number of rotatable bonds is 1. The number of carbonyl (C=O) groups excluding carboxylic acids is 1. The van der Waals surface area contributed by atoms with Crippen molar-refractivity contribution in [2.75, 3.05) is 0 Å². The summed E-state index contributed by atoms with van der Waals surface area (Å²) in [6.07, 6.45) is 0.944. The highest BCUT2D eigenvalue weighted by Gasteiger charge is 1.83. The molecule has 7 heavy (non-hydrogen) atoms. The van der Waals surface area contributed by atoms with Crippen LogP contribution < -0.4 is 5.73 Å². The van der Waals surface area contributed by atoms with Gasteiger partial charge in [0.1, 0.15) is 0 Å². The summed E-state index contributed by atoms with van der Waals surface area (Å²) in [6.45, 7) is 1.38. The van der Waals surface area contributed by atoms with Crippen molar-refractivity contribution in [2.45, 2.75) is 6.92 Å². The lowest BCUT2D eigenvalue weighted by molar-refractivity contribution is -0.113. The number of aliphatic hydroxyl groups is 1. The van der Waals surface area contributed by atoms with Crippen LogP contribution in [0.4, 0.5) is 0 Å². The lowest BCUT2D eigenvalue weighted by Crippen LogP contribution is -2.06. The van der Waals surface area contributed by atoms with Gasteiger partial charge in [0.15, 0.2) is 0 Å². The Labute approximate surface area is 41.4 Å². The van der Waals surface area contributed by atoms with E-state index in [0.29, 0.717) is 0 Å². The Hall–Kier alpha value is -0.990. The minimum absolute atomic E-state index is 0.0625. The molecule has 0 aliphatic heterocycles. The van der Waals surface area contributed by atoms with Gasteiger partial charge in [-0.3, -0.25) is 4.79 Å². The van der Waals surface area contributed by atoms with E-state index in [1.807, 2.05) is 0 Å². The zero-order valence-electron chi connectivity index (χ0n) is 4.01. The first kappa shape index (κ1) is 6.01. The van der Waals surface area contributed by atoms with Crippen molar-refractivity contribution < 1.29 is 9.90 Å². The maximum absolute atomic E-state index is 9.80. The summed E-state index contributed by atoms with van der Waals surface area (Å²) >= 11 is 0. The third-order valence-electron chi connectivity index (χ3n) is 0.351. The summed E-state index contributed by atoms with van der Waals surface area (Å²) in [5.74, 6) is -0.687. The first-order valence-corrected chi connectivity index (χ1v) is 1.79. The van der Waals surface area contributed by atoms with Crippen LogP contribution in [0.15, 0.2) is 11.8 Å². The van der Waals surface area contributed by atoms with E-state index in [1.54, 1.807) is 0 Å². The summed E-state index contributed by atoms with van der Waals surface area (Å²) in [5.41, 5.74) is 4.62. The molecule has 3 N–H and O–H groups in total. The molecule has 0 bridgehead atoms. The van der Waals surface area contributed by atoms with Gasteiger partial charge < -0.3 is 10.8 Å². The number of primary amides is 1. The van der Waals surface area contributed by atoms with Crippen molar-refractivity contribution in [1.29, 1.82) is 0 Å². The van der Waals surface area contributed by atoms with Crippen LogP contribution in [0.2, 0.25) is 0 Å². The molecule has 0 aromatic rings. The molecule has 0 aromatic heterocycles. The van der Waals surface area contributed by atoms with Gasteiger partial charge in [-0.05, 0) is 6.92 Å². The van der Waals surface area contributed by atoms with Gasteiger partial charge in [0.05, 0.1) is 5.76 Å². The lowest BCUT2D eigenvalue weighted by Gasteiger charge is -1.80. The van der Waals surface area contributed by atoms with Crippen LogP contribution in [0.5, 0.6) is 0 Å². The molecule has 0 aromatic carbocycles. The third kappa shape index (κ3) is 5.01. The topological polar surface area (TPSA) is 63.3 Å². The standard InChI is InChI=1S/C4H7NO2/c1-3(6)2-4(5)7/h2,6H,1H3,(H2,5,7)/b3-2+. The summed E-state index contributed by atoms with van der Waals surface area (Å²) in [6, 6.07) is 0. The maximum Gasteiger partial charge on any atom is 0.244 e. The number of nitrogens with two attached hydrogens (primary N) is 1. The van der Waals surface area contributed by atoms with Gasteiger partial charge in [0, 0.05) is 6.08 Å². The number of hydrogen-bond acceptors (Lipinski definition) is 2. The Morgan fingerprint density at radius 3 is 2.29 bits per heavy atom. The zero-order valence-corrected chi connectivity index (χ0v) is 4.01. The molecule has 0 aliphatic rings. The van der Waals surface area contributed by atoms with E-state index < -0.39 is 5.91 Å². The molecule has 0 saturated carbocycles. The smallest absolute Gasteiger partial charge is 0.244 e. The van der Waals surface area contributed by atoms with Crippen LogP contribution in [-0.4, -0.2) is 11.0 Å². The van der Waals surface area contributed by atoms with Gasteiger partial charge in [-0.15, -0.1) is 0 Å². The maximum atomic E-state index is 9.80. The quantitative estimate of drug-likeness (QED) is 0.359. The first-order valence-electron chi connectivity index (χ1n) is 1.79. The van der Waals surface area contributed by atoms with Gasteiger partial charge in [-0.25, -0.2) is 0 Å². The molecule has 0 spiro atoms. The van der Waals surface area contributed by atoms with Gasteiger partial charge >= 0.3 is 0 Å². The Morgan fingerprint density at radius 1 is 1.86 bits per heavy atom. The molecule has 1 amide bonds. The van der Waals surface area contributed by atoms with Gasteiger partial charge in [-0.2, -0.15) is 0 Å². The van der Waals surface area contributed by atoms with Gasteiger partial charge in [-0.1, -0.05) is 0 Å². The number of aliphatic hydroxyl groups excluding tert-OH is 1. The fraction of sp³-hybridized carbons (Fsp3) is 0.250. The molecule has 3 nitrogen and oxygen atoms in total. The Kier molecular flexibility index (Phi) is 1.91. The van der Waals surface area contributed by atoms with Crippen LogP contribution in [0.1, 0.15) is 6.92 Å². The molecule has 0 rings (SSSR count). The van der Waals surface area contributed by atoms with Crippen LogP contribution in [0, 0.1) is 0 Å². The monoisotopic (exact) mass is 101 g/mol. The normalized spacial score (nSPS) is 11.3. The van der Waals surface area contributed by atoms with E-state index in [4.69, 9.17) is 5.11 Å². The lowest BCUT2D eigenvalue weighted by atomic mass is 10.5. The highest BCUT2D eigenvalue weighted by molar-refractivity contribution is 5.85. The second-order valence-electron chi connectivity index (χ2n) is 1.19. The van der Waals surface area contributed by atoms with E-state index in [0.717, 1.165) is 6.08 Å². The molecule has 40 valence electrons. The van der Waals surface area contributed by atoms with E-state index in [9.17, 15) is 4.79 Å². The summed E-state index contributed by atoms with van der Waals surface area (Å²) in [7, 11) is 0. The van der Waals surface area contributed by atoms with Crippen LogP contribution in [0.25, 0.3) is 0 Å². The SMILES string of the molecule is C/C(O)=C\C(N)=O. The van der Waals surface area contributed by atoms with Crippen molar-refractivity contribution in [1.82, 2.24) is 0 Å². The molecule has 0 radical (unpaired) electrons. The van der Waals surface area contributed by atoms with E-state index in [1.165, 1.54) is 6.92 Å². The molecule has 0 unspecified atom stereocenters. The van der Waals surface area contributed by atoms with Crippen molar-refractivity contribution in [2.24, 2.45) is 5.73 Å². The number of amides is 1. The van der Waals surface area contributed by atoms with E-state index >= 15 is 0 Å². The van der Waals surface area contributed by atoms with Crippen molar-refractivity contribution in [3.05, 3.63) is 11.8 Å². The van der Waals surface area contributed by atoms with Crippen molar-refractivity contribution >= 4 is 5.91 Å². The average Bonchev–Trinajstić information content (AvgIpc) is 1.27. The molecule has 3 heteroatoms. The van der Waals surface area contributed by atoms with Gasteiger partial charge in [0.25, 0.3) is 0 Å². The molecular weight excluding hydrogens is 94.0 g/mol. The number of hydrogen-bond donors (Lipinski definition) is 2. The van der Waals surface area contributed by atoms with Crippen LogP contribution in [0.3, 0.4) is 0 Å². The molecule has 0 atom stereocenters. The molecule has 0 heterocycles. The highest BCUT2D eigenvalue weighted by atomic mass is 16.3. The van der Waals surface area contributed by atoms with Crippen molar-refractivity contribution in [3.8, 4) is 0 Å². The Morgan fingerprint density at radius 2 is 2.29 bits per heavy atom.